The summed E-state index contributed by atoms with van der Waals surface area (Å²) in [6, 6.07) is 6.37. The van der Waals surface area contributed by atoms with E-state index in [0.717, 1.165) is 54.0 Å². The first kappa shape index (κ1) is 20.2. The van der Waals surface area contributed by atoms with Crippen LogP contribution in [0.5, 0.6) is 5.75 Å². The van der Waals surface area contributed by atoms with Crippen LogP contribution in [0.15, 0.2) is 24.3 Å². The van der Waals surface area contributed by atoms with Crippen molar-refractivity contribution in [2.75, 3.05) is 6.61 Å². The summed E-state index contributed by atoms with van der Waals surface area (Å²) < 4.78 is 5.81. The fourth-order valence-corrected chi connectivity index (χ4v) is 7.24. The molecule has 4 saturated carbocycles. The van der Waals surface area contributed by atoms with Crippen LogP contribution >= 0.6 is 0 Å². The molecule has 5 aliphatic rings. The van der Waals surface area contributed by atoms with E-state index in [0.29, 0.717) is 12.4 Å². The van der Waals surface area contributed by atoms with Crippen molar-refractivity contribution >= 4 is 11.5 Å². The molecule has 0 unspecified atom stereocenters. The third kappa shape index (κ3) is 2.95. The maximum Gasteiger partial charge on any atom is 0.163 e. The second-order valence-electron chi connectivity index (χ2n) is 11.6. The minimum Gasteiger partial charge on any atom is -0.494 e. The smallest absolute Gasteiger partial charge is 0.163 e. The Morgan fingerprint density at radius 3 is 2.23 bits per heavy atom. The van der Waals surface area contributed by atoms with Crippen molar-refractivity contribution < 1.29 is 9.53 Å². The second-order valence-corrected chi connectivity index (χ2v) is 11.6. The molecule has 3 nitrogen and oxygen atoms in total. The first-order valence-electron chi connectivity index (χ1n) is 12.0. The molecule has 3 heteroatoms. The lowest BCUT2D eigenvalue weighted by Crippen LogP contribution is -2.56. The number of ether oxygens (including phenoxy) is 1. The number of carbonyl (C=O) groups is 1. The van der Waals surface area contributed by atoms with E-state index in [2.05, 4.69) is 45.1 Å². The lowest BCUT2D eigenvalue weighted by molar-refractivity contribution is -0.138. The quantitative estimate of drug-likeness (QED) is 0.634. The molecule has 4 aliphatic carbocycles. The highest BCUT2D eigenvalue weighted by Gasteiger charge is 2.54. The molecule has 30 heavy (non-hydrogen) atoms. The topological polar surface area (TPSA) is 38.3 Å². The minimum atomic E-state index is -0.168. The highest BCUT2D eigenvalue weighted by molar-refractivity contribution is 6.01. The average molecular weight is 408 g/mol. The molecule has 162 valence electrons. The third-order valence-electron chi connectivity index (χ3n) is 9.11. The molecule has 6 rings (SSSR count). The monoisotopic (exact) mass is 407 g/mol. The molecule has 1 N–H and O–H groups in total. The van der Waals surface area contributed by atoms with Crippen molar-refractivity contribution in [1.82, 2.24) is 5.32 Å². The van der Waals surface area contributed by atoms with E-state index in [1.54, 1.807) is 0 Å². The highest BCUT2D eigenvalue weighted by atomic mass is 16.5. The fourth-order valence-electron chi connectivity index (χ4n) is 7.24. The van der Waals surface area contributed by atoms with Gasteiger partial charge >= 0.3 is 0 Å². The maximum atomic E-state index is 13.8. The van der Waals surface area contributed by atoms with Gasteiger partial charge in [0.25, 0.3) is 0 Å². The number of hydrogen-bond acceptors (Lipinski definition) is 3. The van der Waals surface area contributed by atoms with Gasteiger partial charge in [-0.2, -0.15) is 0 Å². The molecule has 1 heterocycles. The molecule has 0 spiro atoms. The molecule has 4 fully saturated rings. The molecule has 1 aromatic carbocycles. The van der Waals surface area contributed by atoms with Gasteiger partial charge in [-0.3, -0.25) is 4.79 Å². The normalized spacial score (nSPS) is 36.3. The number of allylic oxidation sites excluding steroid dienone is 1. The predicted molar refractivity (Wildman–Crippen MR) is 121 cm³/mol. The summed E-state index contributed by atoms with van der Waals surface area (Å²) >= 11 is 0. The minimum absolute atomic E-state index is 0.0868. The van der Waals surface area contributed by atoms with Crippen molar-refractivity contribution in [2.24, 2.45) is 23.2 Å². The second kappa shape index (κ2) is 6.61. The number of carbonyl (C=O) groups excluding carboxylic acids is 1. The molecule has 4 bridgehead atoms. The van der Waals surface area contributed by atoms with Crippen LogP contribution in [0, 0.1) is 23.2 Å². The zero-order valence-corrected chi connectivity index (χ0v) is 19.3. The van der Waals surface area contributed by atoms with Crippen LogP contribution in [0.3, 0.4) is 0 Å². The van der Waals surface area contributed by atoms with Crippen molar-refractivity contribution in [2.45, 2.75) is 84.1 Å². The average Bonchev–Trinajstić information content (AvgIpc) is 2.65. The van der Waals surface area contributed by atoms with E-state index < -0.39 is 0 Å². The molecule has 0 saturated heterocycles. The van der Waals surface area contributed by atoms with Crippen LogP contribution < -0.4 is 10.1 Å². The van der Waals surface area contributed by atoms with Gasteiger partial charge in [0.1, 0.15) is 5.75 Å². The number of rotatable bonds is 4. The Bertz CT molecular complexity index is 872. The van der Waals surface area contributed by atoms with Crippen molar-refractivity contribution in [3.05, 3.63) is 35.4 Å². The maximum absolute atomic E-state index is 13.8. The van der Waals surface area contributed by atoms with Gasteiger partial charge in [-0.05, 0) is 101 Å². The highest BCUT2D eigenvalue weighted by Crippen LogP contribution is 2.60. The summed E-state index contributed by atoms with van der Waals surface area (Å²) in [5.74, 6) is 3.64. The number of fused-ring (bicyclic) bond motifs is 1. The zero-order valence-electron chi connectivity index (χ0n) is 19.3. The zero-order chi connectivity index (χ0) is 21.3. The Kier molecular flexibility index (Phi) is 4.44. The summed E-state index contributed by atoms with van der Waals surface area (Å²) in [6.07, 6.45) is 9.43. The van der Waals surface area contributed by atoms with Crippen LogP contribution in [0.1, 0.15) is 84.3 Å². The Hall–Kier alpha value is -1.77. The van der Waals surface area contributed by atoms with Gasteiger partial charge in [-0.1, -0.05) is 13.8 Å². The van der Waals surface area contributed by atoms with Gasteiger partial charge in [-0.25, -0.2) is 0 Å². The van der Waals surface area contributed by atoms with E-state index in [-0.39, 0.29) is 16.4 Å². The molecule has 0 radical (unpaired) electrons. The Labute approximate surface area is 181 Å². The van der Waals surface area contributed by atoms with E-state index in [1.807, 2.05) is 19.1 Å². The molecule has 0 aromatic heterocycles. The van der Waals surface area contributed by atoms with Gasteiger partial charge in [0, 0.05) is 33.7 Å². The SMILES string of the molecule is CCOc1ccc2c(c1)C(C)(C)C(C)(C)N/C2=C/C(=O)C12CC3CC(CC(C3)C1)C2. The van der Waals surface area contributed by atoms with Gasteiger partial charge in [0.15, 0.2) is 5.78 Å². The van der Waals surface area contributed by atoms with Crippen molar-refractivity contribution in [3.8, 4) is 5.75 Å². The van der Waals surface area contributed by atoms with Gasteiger partial charge in [0.2, 0.25) is 0 Å². The van der Waals surface area contributed by atoms with E-state index >= 15 is 0 Å². The van der Waals surface area contributed by atoms with Gasteiger partial charge in [0.05, 0.1) is 6.61 Å². The molecule has 0 amide bonds. The van der Waals surface area contributed by atoms with Gasteiger partial charge in [-0.15, -0.1) is 0 Å². The van der Waals surface area contributed by atoms with Crippen LogP contribution in [-0.2, 0) is 10.2 Å². The first-order valence-corrected chi connectivity index (χ1v) is 12.0. The molecular weight excluding hydrogens is 370 g/mol. The van der Waals surface area contributed by atoms with Crippen LogP contribution in [0.25, 0.3) is 5.70 Å². The predicted octanol–water partition coefficient (Wildman–Crippen LogP) is 5.87. The number of nitrogens with one attached hydrogen (secondary N) is 1. The van der Waals surface area contributed by atoms with Crippen molar-refractivity contribution in [3.63, 3.8) is 0 Å². The summed E-state index contributed by atoms with van der Waals surface area (Å²) in [4.78, 5) is 13.8. The molecule has 1 aliphatic heterocycles. The Morgan fingerprint density at radius 1 is 1.07 bits per heavy atom. The summed E-state index contributed by atoms with van der Waals surface area (Å²) in [7, 11) is 0. The standard InChI is InChI=1S/C27H37NO2/c1-6-30-20-7-8-21-22(12-20)25(2,3)26(4,5)28-23(21)13-24(29)27-14-17-9-18(15-27)11-19(10-17)16-27/h7-8,12-13,17-19,28H,6,9-11,14-16H2,1-5H3/b23-13+. The van der Waals surface area contributed by atoms with Crippen LogP contribution in [0.2, 0.25) is 0 Å². The summed E-state index contributed by atoms with van der Waals surface area (Å²) in [5, 5.41) is 3.75. The number of hydrogen-bond donors (Lipinski definition) is 1. The lowest BCUT2D eigenvalue weighted by Gasteiger charge is -2.55. The summed E-state index contributed by atoms with van der Waals surface area (Å²) in [5.41, 5.74) is 3.07. The summed E-state index contributed by atoms with van der Waals surface area (Å²) in [6.45, 7) is 11.7. The van der Waals surface area contributed by atoms with Gasteiger partial charge < -0.3 is 10.1 Å². The number of benzene rings is 1. The Balaban J connectivity index is 1.54. The molecule has 1 aromatic rings. The van der Waals surface area contributed by atoms with E-state index in [1.165, 1.54) is 24.8 Å². The fraction of sp³-hybridized carbons (Fsp3) is 0.667. The largest absolute Gasteiger partial charge is 0.494 e. The van der Waals surface area contributed by atoms with E-state index in [9.17, 15) is 4.79 Å². The van der Waals surface area contributed by atoms with E-state index in [4.69, 9.17) is 4.74 Å². The van der Waals surface area contributed by atoms with Crippen molar-refractivity contribution in [1.29, 1.82) is 0 Å². The first-order chi connectivity index (χ1) is 14.1. The molecular formula is C27H37NO2. The third-order valence-corrected chi connectivity index (χ3v) is 9.11. The van der Waals surface area contributed by atoms with Crippen LogP contribution in [-0.4, -0.2) is 17.9 Å². The van der Waals surface area contributed by atoms with Crippen LogP contribution in [0.4, 0.5) is 0 Å². The molecule has 0 atom stereocenters. The lowest BCUT2D eigenvalue weighted by atomic mass is 9.48. The number of ketones is 1. The Morgan fingerprint density at radius 2 is 1.67 bits per heavy atom.